The molecule has 0 heterocycles. The quantitative estimate of drug-likeness (QED) is 0.728. The minimum absolute atomic E-state index is 0.201. The highest BCUT2D eigenvalue weighted by Gasteiger charge is 2.26. The van der Waals surface area contributed by atoms with Gasteiger partial charge in [-0.3, -0.25) is 4.79 Å². The van der Waals surface area contributed by atoms with Gasteiger partial charge in [-0.2, -0.15) is 0 Å². The van der Waals surface area contributed by atoms with Gasteiger partial charge in [0, 0.05) is 13.2 Å². The molecular formula is C16H25NO3. The molecule has 0 amide bonds. The third-order valence-corrected chi connectivity index (χ3v) is 3.45. The van der Waals surface area contributed by atoms with Crippen molar-refractivity contribution in [2.24, 2.45) is 5.41 Å². The van der Waals surface area contributed by atoms with Gasteiger partial charge in [0.25, 0.3) is 0 Å². The van der Waals surface area contributed by atoms with Crippen LogP contribution in [-0.4, -0.2) is 37.4 Å². The first-order valence-corrected chi connectivity index (χ1v) is 6.95. The van der Waals surface area contributed by atoms with E-state index in [-0.39, 0.29) is 6.04 Å². The fraction of sp³-hybridized carbons (Fsp3) is 0.562. The zero-order valence-corrected chi connectivity index (χ0v) is 12.6. The van der Waals surface area contributed by atoms with Crippen LogP contribution >= 0.6 is 0 Å². The minimum atomic E-state index is -0.759. The van der Waals surface area contributed by atoms with Crippen molar-refractivity contribution in [3.63, 3.8) is 0 Å². The first kappa shape index (κ1) is 16.7. The summed E-state index contributed by atoms with van der Waals surface area (Å²) in [7, 11) is 1.68. The Bertz CT molecular complexity index is 403. The molecule has 4 nitrogen and oxygen atoms in total. The molecule has 0 spiro atoms. The van der Waals surface area contributed by atoms with Crippen LogP contribution in [0.1, 0.15) is 25.8 Å². The number of aliphatic carboxylic acids is 1. The molecule has 112 valence electrons. The summed E-state index contributed by atoms with van der Waals surface area (Å²) in [5.41, 5.74) is 0.553. The first-order chi connectivity index (χ1) is 9.45. The molecule has 1 atom stereocenters. The third kappa shape index (κ3) is 5.72. The monoisotopic (exact) mass is 279 g/mol. The second kappa shape index (κ2) is 8.02. The first-order valence-electron chi connectivity index (χ1n) is 6.95. The van der Waals surface area contributed by atoms with Gasteiger partial charge in [-0.05, 0) is 38.8 Å². The van der Waals surface area contributed by atoms with Gasteiger partial charge in [-0.1, -0.05) is 30.3 Å². The number of benzene rings is 1. The van der Waals surface area contributed by atoms with Crippen molar-refractivity contribution >= 4 is 5.97 Å². The molecule has 0 saturated heterocycles. The number of nitrogens with one attached hydrogen (secondary N) is 1. The van der Waals surface area contributed by atoms with Gasteiger partial charge < -0.3 is 15.2 Å². The standard InChI is InChI=1S/C16H25NO3/c1-16(2,15(18)19)9-10-17-14(12-20-3)11-13-7-5-4-6-8-13/h4-8,14,17H,9-12H2,1-3H3,(H,18,19). The third-order valence-electron chi connectivity index (χ3n) is 3.45. The lowest BCUT2D eigenvalue weighted by atomic mass is 9.89. The number of carboxylic acids is 1. The molecule has 0 aliphatic heterocycles. The average molecular weight is 279 g/mol. The van der Waals surface area contributed by atoms with E-state index in [0.29, 0.717) is 19.6 Å². The van der Waals surface area contributed by atoms with Gasteiger partial charge in [0.2, 0.25) is 0 Å². The number of rotatable bonds is 9. The van der Waals surface area contributed by atoms with Gasteiger partial charge in [0.15, 0.2) is 0 Å². The summed E-state index contributed by atoms with van der Waals surface area (Å²) in [6, 6.07) is 10.4. The average Bonchev–Trinajstić information content (AvgIpc) is 2.39. The van der Waals surface area contributed by atoms with Gasteiger partial charge in [0.05, 0.1) is 12.0 Å². The van der Waals surface area contributed by atoms with E-state index in [0.717, 1.165) is 6.42 Å². The lowest BCUT2D eigenvalue weighted by Crippen LogP contribution is -2.38. The molecule has 4 heteroatoms. The summed E-state index contributed by atoms with van der Waals surface area (Å²) >= 11 is 0. The largest absolute Gasteiger partial charge is 0.481 e. The van der Waals surface area contributed by atoms with E-state index in [1.54, 1.807) is 21.0 Å². The summed E-state index contributed by atoms with van der Waals surface area (Å²) in [4.78, 5) is 11.1. The van der Waals surface area contributed by atoms with E-state index in [1.807, 2.05) is 18.2 Å². The molecule has 0 bridgehead atoms. The van der Waals surface area contributed by atoms with Crippen LogP contribution in [0.2, 0.25) is 0 Å². The number of ether oxygens (including phenoxy) is 1. The molecule has 0 fully saturated rings. The predicted octanol–water partition coefficient (Wildman–Crippen LogP) is 2.33. The number of hydrogen-bond acceptors (Lipinski definition) is 3. The lowest BCUT2D eigenvalue weighted by Gasteiger charge is -2.22. The molecule has 0 aromatic heterocycles. The minimum Gasteiger partial charge on any atom is -0.481 e. The molecule has 0 saturated carbocycles. The fourth-order valence-electron chi connectivity index (χ4n) is 1.99. The molecule has 2 N–H and O–H groups in total. The summed E-state index contributed by atoms with van der Waals surface area (Å²) in [6.07, 6.45) is 1.47. The summed E-state index contributed by atoms with van der Waals surface area (Å²) in [5.74, 6) is -0.759. The molecule has 0 aliphatic carbocycles. The topological polar surface area (TPSA) is 58.6 Å². The Labute approximate surface area is 121 Å². The highest BCUT2D eigenvalue weighted by molar-refractivity contribution is 5.73. The van der Waals surface area contributed by atoms with Crippen molar-refractivity contribution in [1.82, 2.24) is 5.32 Å². The Hall–Kier alpha value is -1.39. The van der Waals surface area contributed by atoms with Crippen LogP contribution in [0.3, 0.4) is 0 Å². The van der Waals surface area contributed by atoms with Crippen LogP contribution in [-0.2, 0) is 16.0 Å². The highest BCUT2D eigenvalue weighted by Crippen LogP contribution is 2.19. The van der Waals surface area contributed by atoms with Crippen molar-refractivity contribution in [2.45, 2.75) is 32.7 Å². The Morgan fingerprint density at radius 1 is 1.35 bits per heavy atom. The van der Waals surface area contributed by atoms with Crippen molar-refractivity contribution in [3.8, 4) is 0 Å². The predicted molar refractivity (Wildman–Crippen MR) is 79.8 cm³/mol. The van der Waals surface area contributed by atoms with Crippen LogP contribution in [0.15, 0.2) is 30.3 Å². The van der Waals surface area contributed by atoms with E-state index in [4.69, 9.17) is 9.84 Å². The van der Waals surface area contributed by atoms with Gasteiger partial charge in [0.1, 0.15) is 0 Å². The summed E-state index contributed by atoms with van der Waals surface area (Å²) in [5, 5.41) is 12.5. The lowest BCUT2D eigenvalue weighted by molar-refractivity contribution is -0.147. The zero-order chi connectivity index (χ0) is 15.0. The normalized spacial score (nSPS) is 13.2. The zero-order valence-electron chi connectivity index (χ0n) is 12.6. The summed E-state index contributed by atoms with van der Waals surface area (Å²) < 4.78 is 5.23. The van der Waals surface area contributed by atoms with Gasteiger partial charge >= 0.3 is 5.97 Å². The fourth-order valence-corrected chi connectivity index (χ4v) is 1.99. The number of carboxylic acid groups (broad SMARTS) is 1. The Morgan fingerprint density at radius 2 is 2.00 bits per heavy atom. The molecule has 1 rings (SSSR count). The molecule has 0 radical (unpaired) electrons. The van der Waals surface area contributed by atoms with E-state index in [1.165, 1.54) is 5.56 Å². The molecule has 1 aromatic carbocycles. The Kier molecular flexibility index (Phi) is 6.68. The second-order valence-corrected chi connectivity index (χ2v) is 5.74. The number of methoxy groups -OCH3 is 1. The maximum atomic E-state index is 11.1. The van der Waals surface area contributed by atoms with E-state index >= 15 is 0 Å². The van der Waals surface area contributed by atoms with Crippen LogP contribution in [0.4, 0.5) is 0 Å². The SMILES string of the molecule is COCC(Cc1ccccc1)NCCC(C)(C)C(=O)O. The van der Waals surface area contributed by atoms with Crippen molar-refractivity contribution in [3.05, 3.63) is 35.9 Å². The molecule has 1 aromatic rings. The van der Waals surface area contributed by atoms with E-state index < -0.39 is 11.4 Å². The molecule has 1 unspecified atom stereocenters. The van der Waals surface area contributed by atoms with Crippen LogP contribution in [0, 0.1) is 5.41 Å². The van der Waals surface area contributed by atoms with Crippen LogP contribution in [0.25, 0.3) is 0 Å². The number of hydrogen-bond donors (Lipinski definition) is 2. The second-order valence-electron chi connectivity index (χ2n) is 5.74. The van der Waals surface area contributed by atoms with Crippen LogP contribution < -0.4 is 5.32 Å². The van der Waals surface area contributed by atoms with Crippen molar-refractivity contribution < 1.29 is 14.6 Å². The summed E-state index contributed by atoms with van der Waals surface area (Å²) in [6.45, 7) is 4.78. The van der Waals surface area contributed by atoms with E-state index in [2.05, 4.69) is 17.4 Å². The smallest absolute Gasteiger partial charge is 0.309 e. The van der Waals surface area contributed by atoms with Gasteiger partial charge in [-0.25, -0.2) is 0 Å². The van der Waals surface area contributed by atoms with Crippen molar-refractivity contribution in [1.29, 1.82) is 0 Å². The maximum Gasteiger partial charge on any atom is 0.309 e. The maximum absolute atomic E-state index is 11.1. The highest BCUT2D eigenvalue weighted by atomic mass is 16.5. The van der Waals surface area contributed by atoms with Crippen molar-refractivity contribution in [2.75, 3.05) is 20.3 Å². The number of carbonyl (C=O) groups is 1. The van der Waals surface area contributed by atoms with Gasteiger partial charge in [-0.15, -0.1) is 0 Å². The molecule has 20 heavy (non-hydrogen) atoms. The molecule has 0 aliphatic rings. The van der Waals surface area contributed by atoms with E-state index in [9.17, 15) is 4.79 Å². The molecular weight excluding hydrogens is 254 g/mol. The Morgan fingerprint density at radius 3 is 2.55 bits per heavy atom. The van der Waals surface area contributed by atoms with Crippen LogP contribution in [0.5, 0.6) is 0 Å². The Balaban J connectivity index is 2.45.